The van der Waals surface area contributed by atoms with E-state index in [-0.39, 0.29) is 37.1 Å². The summed E-state index contributed by atoms with van der Waals surface area (Å²) >= 11 is 6.25. The van der Waals surface area contributed by atoms with Gasteiger partial charge in [-0.25, -0.2) is 8.42 Å². The number of anilines is 1. The molecule has 4 rings (SSSR count). The number of hydrogen-bond donors (Lipinski definition) is 1. The first kappa shape index (κ1) is 30.2. The van der Waals surface area contributed by atoms with Gasteiger partial charge in [0.05, 0.1) is 11.4 Å². The molecule has 0 aromatic heterocycles. The van der Waals surface area contributed by atoms with Gasteiger partial charge in [-0.15, -0.1) is 0 Å². The van der Waals surface area contributed by atoms with Crippen molar-refractivity contribution in [2.75, 3.05) is 29.9 Å². The third-order valence-electron chi connectivity index (χ3n) is 6.69. The fraction of sp³-hybridized carbons (Fsp3) is 0.333. The highest BCUT2D eigenvalue weighted by molar-refractivity contribution is 7.92. The molecule has 0 aliphatic carbocycles. The SMILES string of the molecule is CCCNC(=O)[C@H](Cc1ccccc1)N(Cc1cccc(Cl)c1)C(=O)CN(c1ccc2c(c1)OCO2)S(=O)(=O)CC. The van der Waals surface area contributed by atoms with Gasteiger partial charge < -0.3 is 19.7 Å². The minimum Gasteiger partial charge on any atom is -0.454 e. The van der Waals surface area contributed by atoms with E-state index < -0.39 is 28.5 Å². The van der Waals surface area contributed by atoms with Crippen LogP contribution < -0.4 is 19.1 Å². The molecule has 2 amide bonds. The van der Waals surface area contributed by atoms with Crippen molar-refractivity contribution in [1.29, 1.82) is 0 Å². The van der Waals surface area contributed by atoms with E-state index in [1.165, 1.54) is 11.8 Å². The van der Waals surface area contributed by atoms with Crippen LogP contribution in [-0.4, -0.2) is 56.8 Å². The van der Waals surface area contributed by atoms with Crippen molar-refractivity contribution in [1.82, 2.24) is 10.2 Å². The van der Waals surface area contributed by atoms with Gasteiger partial charge in [0.15, 0.2) is 11.5 Å². The summed E-state index contributed by atoms with van der Waals surface area (Å²) in [5, 5.41) is 3.41. The average molecular weight is 600 g/mol. The Hall–Kier alpha value is -3.76. The Kier molecular flexibility index (Phi) is 10.1. The zero-order chi connectivity index (χ0) is 29.4. The molecule has 0 unspecified atom stereocenters. The van der Waals surface area contributed by atoms with Crippen LogP contribution in [0.1, 0.15) is 31.4 Å². The molecule has 11 heteroatoms. The summed E-state index contributed by atoms with van der Waals surface area (Å²) in [5.41, 5.74) is 1.84. The number of carbonyl (C=O) groups excluding carboxylic acids is 2. The molecule has 1 aliphatic rings. The van der Waals surface area contributed by atoms with E-state index >= 15 is 0 Å². The van der Waals surface area contributed by atoms with Gasteiger partial charge in [-0.1, -0.05) is 61.0 Å². The normalized spacial score (nSPS) is 13.0. The number of rotatable bonds is 13. The van der Waals surface area contributed by atoms with Crippen molar-refractivity contribution in [3.05, 3.63) is 88.9 Å². The number of fused-ring (bicyclic) bond motifs is 1. The average Bonchev–Trinajstić information content (AvgIpc) is 3.45. The highest BCUT2D eigenvalue weighted by Gasteiger charge is 2.34. The number of nitrogens with zero attached hydrogens (tertiary/aromatic N) is 2. The van der Waals surface area contributed by atoms with Crippen LogP contribution in [0.4, 0.5) is 5.69 Å². The Labute approximate surface area is 246 Å². The fourth-order valence-electron chi connectivity index (χ4n) is 4.51. The molecule has 1 heterocycles. The van der Waals surface area contributed by atoms with Crippen LogP contribution in [-0.2, 0) is 32.6 Å². The molecule has 0 saturated carbocycles. The van der Waals surface area contributed by atoms with Crippen molar-refractivity contribution in [3.63, 3.8) is 0 Å². The molecule has 1 aliphatic heterocycles. The van der Waals surface area contributed by atoms with E-state index in [4.69, 9.17) is 21.1 Å². The molecule has 0 spiro atoms. The summed E-state index contributed by atoms with van der Waals surface area (Å²) < 4.78 is 38.4. The number of benzene rings is 3. The van der Waals surface area contributed by atoms with Crippen molar-refractivity contribution in [3.8, 4) is 11.5 Å². The smallest absolute Gasteiger partial charge is 0.244 e. The molecular formula is C30H34ClN3O6S. The molecule has 41 heavy (non-hydrogen) atoms. The van der Waals surface area contributed by atoms with E-state index in [0.717, 1.165) is 16.3 Å². The van der Waals surface area contributed by atoms with Gasteiger partial charge in [0.25, 0.3) is 0 Å². The summed E-state index contributed by atoms with van der Waals surface area (Å²) in [7, 11) is -3.89. The van der Waals surface area contributed by atoms with Gasteiger partial charge in [0, 0.05) is 30.6 Å². The van der Waals surface area contributed by atoms with Crippen LogP contribution in [0.5, 0.6) is 11.5 Å². The number of ether oxygens (including phenoxy) is 2. The van der Waals surface area contributed by atoms with Crippen LogP contribution in [0.25, 0.3) is 0 Å². The van der Waals surface area contributed by atoms with E-state index in [1.807, 2.05) is 43.3 Å². The molecule has 0 radical (unpaired) electrons. The Bertz CT molecular complexity index is 1470. The van der Waals surface area contributed by atoms with Crippen LogP contribution in [0.3, 0.4) is 0 Å². The van der Waals surface area contributed by atoms with Crippen molar-refractivity contribution in [2.45, 2.75) is 39.3 Å². The first-order valence-electron chi connectivity index (χ1n) is 13.5. The first-order valence-corrected chi connectivity index (χ1v) is 15.5. The van der Waals surface area contributed by atoms with Crippen LogP contribution in [0, 0.1) is 0 Å². The van der Waals surface area contributed by atoms with E-state index in [2.05, 4.69) is 5.32 Å². The molecular weight excluding hydrogens is 566 g/mol. The lowest BCUT2D eigenvalue weighted by atomic mass is 10.0. The largest absolute Gasteiger partial charge is 0.454 e. The standard InChI is InChI=1S/C30H34ClN3O6S/c1-3-15-32-30(36)26(17-22-9-6-5-7-10-22)33(19-23-11-8-12-24(31)16-23)29(35)20-34(41(37,38)4-2)25-13-14-27-28(18-25)40-21-39-27/h5-14,16,18,26H,3-4,15,17,19-21H2,1-2H3,(H,32,36)/t26-/m0/s1. The summed E-state index contributed by atoms with van der Waals surface area (Å²) in [4.78, 5) is 29.2. The number of hydrogen-bond acceptors (Lipinski definition) is 6. The lowest BCUT2D eigenvalue weighted by Gasteiger charge is -2.33. The van der Waals surface area contributed by atoms with Crippen LogP contribution in [0.2, 0.25) is 5.02 Å². The zero-order valence-electron chi connectivity index (χ0n) is 23.1. The monoisotopic (exact) mass is 599 g/mol. The Morgan fingerprint density at radius 2 is 1.68 bits per heavy atom. The molecule has 1 atom stereocenters. The van der Waals surface area contributed by atoms with Crippen molar-refractivity contribution < 1.29 is 27.5 Å². The molecule has 0 fully saturated rings. The van der Waals surface area contributed by atoms with Gasteiger partial charge in [-0.2, -0.15) is 0 Å². The molecule has 3 aromatic rings. The molecule has 0 bridgehead atoms. The van der Waals surface area contributed by atoms with Gasteiger partial charge in [0.2, 0.25) is 28.6 Å². The van der Waals surface area contributed by atoms with Gasteiger partial charge in [-0.3, -0.25) is 13.9 Å². The quantitative estimate of drug-likeness (QED) is 0.312. The second-order valence-electron chi connectivity index (χ2n) is 9.59. The predicted octanol–water partition coefficient (Wildman–Crippen LogP) is 4.39. The topological polar surface area (TPSA) is 105 Å². The minimum absolute atomic E-state index is 0.0275. The maximum absolute atomic E-state index is 14.2. The zero-order valence-corrected chi connectivity index (χ0v) is 24.7. The molecule has 218 valence electrons. The lowest BCUT2D eigenvalue weighted by molar-refractivity contribution is -0.140. The third kappa shape index (κ3) is 7.71. The number of amides is 2. The Morgan fingerprint density at radius 1 is 0.951 bits per heavy atom. The van der Waals surface area contributed by atoms with E-state index in [1.54, 1.807) is 36.4 Å². The van der Waals surface area contributed by atoms with Gasteiger partial charge >= 0.3 is 0 Å². The predicted molar refractivity (Wildman–Crippen MR) is 159 cm³/mol. The minimum atomic E-state index is -3.89. The Morgan fingerprint density at radius 3 is 2.39 bits per heavy atom. The lowest BCUT2D eigenvalue weighted by Crippen LogP contribution is -2.53. The first-order chi connectivity index (χ1) is 19.7. The number of carbonyl (C=O) groups is 2. The molecule has 3 aromatic carbocycles. The van der Waals surface area contributed by atoms with E-state index in [9.17, 15) is 18.0 Å². The highest BCUT2D eigenvalue weighted by Crippen LogP contribution is 2.36. The van der Waals surface area contributed by atoms with Crippen LogP contribution in [0.15, 0.2) is 72.8 Å². The van der Waals surface area contributed by atoms with Crippen molar-refractivity contribution in [2.24, 2.45) is 0 Å². The summed E-state index contributed by atoms with van der Waals surface area (Å²) in [5.74, 6) is -0.200. The van der Waals surface area contributed by atoms with E-state index in [0.29, 0.717) is 28.6 Å². The maximum atomic E-state index is 14.2. The molecule has 0 saturated heterocycles. The summed E-state index contributed by atoms with van der Waals surface area (Å²) in [6.07, 6.45) is 0.964. The third-order valence-corrected chi connectivity index (χ3v) is 8.66. The van der Waals surface area contributed by atoms with Crippen LogP contribution >= 0.6 is 11.6 Å². The summed E-state index contributed by atoms with van der Waals surface area (Å²) in [6.45, 7) is 3.47. The number of sulfonamides is 1. The van der Waals surface area contributed by atoms with Gasteiger partial charge in [-0.05, 0) is 48.7 Å². The Balaban J connectivity index is 1.73. The molecule has 9 nitrogen and oxygen atoms in total. The summed E-state index contributed by atoms with van der Waals surface area (Å²) in [6, 6.07) is 20.3. The number of halogens is 1. The van der Waals surface area contributed by atoms with Crippen molar-refractivity contribution >= 4 is 39.1 Å². The second-order valence-corrected chi connectivity index (χ2v) is 12.2. The highest BCUT2D eigenvalue weighted by atomic mass is 35.5. The fourth-order valence-corrected chi connectivity index (χ4v) is 5.78. The second kappa shape index (κ2) is 13.7. The maximum Gasteiger partial charge on any atom is 0.244 e. The number of nitrogens with one attached hydrogen (secondary N) is 1. The molecule has 1 N–H and O–H groups in total. The van der Waals surface area contributed by atoms with Gasteiger partial charge in [0.1, 0.15) is 12.6 Å².